The maximum absolute atomic E-state index is 10.0. The van der Waals surface area contributed by atoms with Gasteiger partial charge in [-0.25, -0.2) is 8.42 Å². The van der Waals surface area contributed by atoms with E-state index in [1.807, 2.05) is 6.92 Å². The maximum Gasteiger partial charge on any atom is 0.0948 e. The third kappa shape index (κ3) is 5.79. The molecule has 0 saturated carbocycles. The minimum atomic E-state index is -3.99. The van der Waals surface area contributed by atoms with Gasteiger partial charge in [-0.3, -0.25) is 0 Å². The van der Waals surface area contributed by atoms with Crippen molar-refractivity contribution in [2.24, 2.45) is 5.92 Å². The molecule has 0 aromatic carbocycles. The van der Waals surface area contributed by atoms with Crippen LogP contribution in [0.3, 0.4) is 0 Å². The molecule has 3 nitrogen and oxygen atoms in total. The average molecular weight is 151 g/mol. The Morgan fingerprint density at radius 1 is 1.56 bits per heavy atom. The van der Waals surface area contributed by atoms with Crippen LogP contribution in [-0.4, -0.2) is 18.7 Å². The predicted octanol–water partition coefficient (Wildman–Crippen LogP) is 0.578. The molecule has 0 heterocycles. The van der Waals surface area contributed by atoms with Gasteiger partial charge in [-0.1, -0.05) is 20.3 Å². The second-order valence-electron chi connectivity index (χ2n) is 2.24. The summed E-state index contributed by atoms with van der Waals surface area (Å²) in [5, 5.41) is 0. The van der Waals surface area contributed by atoms with Gasteiger partial charge >= 0.3 is 0 Å². The first-order chi connectivity index (χ1) is 3.95. The lowest BCUT2D eigenvalue weighted by Gasteiger charge is -2.10. The molecule has 1 atom stereocenters. The van der Waals surface area contributed by atoms with E-state index in [1.54, 1.807) is 6.92 Å². The molecule has 0 bridgehead atoms. The van der Waals surface area contributed by atoms with E-state index >= 15 is 0 Å². The van der Waals surface area contributed by atoms with Gasteiger partial charge in [0.05, 0.1) is 10.1 Å². The lowest BCUT2D eigenvalue weighted by atomic mass is 10.2. The van der Waals surface area contributed by atoms with Crippen LogP contribution in [0.15, 0.2) is 0 Å². The Bertz CT molecular complexity index is 159. The molecule has 0 aromatic rings. The molecule has 0 rings (SSSR count). The summed E-state index contributed by atoms with van der Waals surface area (Å²) in [6, 6.07) is 0. The Kier molecular flexibility index (Phi) is 3.14. The van der Waals surface area contributed by atoms with E-state index in [4.69, 9.17) is 0 Å². The standard InChI is InChI=1S/C5H12O3S/c1-3-5(2)4-9(6,7)8/h5H,3-4H2,1-2H3,(H,6,7,8)/p-1/t5-/m0/s1. The number of hydrogen-bond donors (Lipinski definition) is 0. The average Bonchev–Trinajstić information content (AvgIpc) is 1.62. The zero-order chi connectivity index (χ0) is 7.49. The van der Waals surface area contributed by atoms with Crippen LogP contribution >= 0.6 is 0 Å². The van der Waals surface area contributed by atoms with E-state index in [9.17, 15) is 13.0 Å². The molecule has 4 heteroatoms. The molecule has 0 aromatic heterocycles. The minimum Gasteiger partial charge on any atom is -0.748 e. The predicted molar refractivity (Wildman–Crippen MR) is 34.0 cm³/mol. The molecule has 0 N–H and O–H groups in total. The largest absolute Gasteiger partial charge is 0.748 e. The van der Waals surface area contributed by atoms with Crippen molar-refractivity contribution in [2.75, 3.05) is 5.75 Å². The number of rotatable bonds is 3. The topological polar surface area (TPSA) is 57.2 Å². The summed E-state index contributed by atoms with van der Waals surface area (Å²) in [5.41, 5.74) is 0. The van der Waals surface area contributed by atoms with E-state index in [2.05, 4.69) is 0 Å². The van der Waals surface area contributed by atoms with Crippen LogP contribution in [0.25, 0.3) is 0 Å². The highest BCUT2D eigenvalue weighted by Gasteiger charge is 2.02. The van der Waals surface area contributed by atoms with Gasteiger partial charge in [-0.15, -0.1) is 0 Å². The highest BCUT2D eigenvalue weighted by atomic mass is 32.2. The molecule has 9 heavy (non-hydrogen) atoms. The molecular weight excluding hydrogens is 140 g/mol. The summed E-state index contributed by atoms with van der Waals surface area (Å²) in [6.45, 7) is 3.60. The molecule has 0 fully saturated rings. The molecule has 0 aliphatic rings. The maximum atomic E-state index is 10.0. The fourth-order valence-electron chi connectivity index (χ4n) is 0.466. The van der Waals surface area contributed by atoms with Crippen LogP contribution in [-0.2, 0) is 10.1 Å². The zero-order valence-electron chi connectivity index (χ0n) is 5.62. The van der Waals surface area contributed by atoms with Gasteiger partial charge in [0, 0.05) is 5.75 Å². The van der Waals surface area contributed by atoms with Crippen molar-refractivity contribution in [3.05, 3.63) is 0 Å². The fourth-order valence-corrected chi connectivity index (χ4v) is 1.40. The lowest BCUT2D eigenvalue weighted by molar-refractivity contribution is 0.449. The van der Waals surface area contributed by atoms with Crippen LogP contribution in [0.2, 0.25) is 0 Å². The lowest BCUT2D eigenvalue weighted by Crippen LogP contribution is -2.11. The molecule has 0 saturated heterocycles. The van der Waals surface area contributed by atoms with Gasteiger partial charge < -0.3 is 4.55 Å². The summed E-state index contributed by atoms with van der Waals surface area (Å²) in [6.07, 6.45) is 0.738. The van der Waals surface area contributed by atoms with Crippen LogP contribution < -0.4 is 0 Å². The third-order valence-electron chi connectivity index (χ3n) is 1.19. The summed E-state index contributed by atoms with van der Waals surface area (Å²) in [4.78, 5) is 0. The van der Waals surface area contributed by atoms with Crippen LogP contribution in [0, 0.1) is 5.92 Å². The van der Waals surface area contributed by atoms with E-state index < -0.39 is 10.1 Å². The molecule has 0 unspecified atom stereocenters. The van der Waals surface area contributed by atoms with Crippen molar-refractivity contribution in [1.29, 1.82) is 0 Å². The molecular formula is C5H11O3S-. The van der Waals surface area contributed by atoms with E-state index in [0.717, 1.165) is 6.42 Å². The third-order valence-corrected chi connectivity index (χ3v) is 2.16. The zero-order valence-corrected chi connectivity index (χ0v) is 6.44. The highest BCUT2D eigenvalue weighted by Crippen LogP contribution is 2.02. The summed E-state index contributed by atoms with van der Waals surface area (Å²) >= 11 is 0. The summed E-state index contributed by atoms with van der Waals surface area (Å²) in [7, 11) is -3.99. The first-order valence-corrected chi connectivity index (χ1v) is 4.47. The van der Waals surface area contributed by atoms with Gasteiger partial charge in [0.2, 0.25) is 0 Å². The van der Waals surface area contributed by atoms with Crippen LogP contribution in [0.5, 0.6) is 0 Å². The van der Waals surface area contributed by atoms with Crippen molar-refractivity contribution in [3.63, 3.8) is 0 Å². The van der Waals surface area contributed by atoms with Gasteiger partial charge in [0.15, 0.2) is 0 Å². The van der Waals surface area contributed by atoms with Crippen molar-refractivity contribution in [2.45, 2.75) is 20.3 Å². The van der Waals surface area contributed by atoms with E-state index in [0.29, 0.717) is 0 Å². The fraction of sp³-hybridized carbons (Fsp3) is 1.00. The van der Waals surface area contributed by atoms with Gasteiger partial charge in [-0.05, 0) is 5.92 Å². The Morgan fingerprint density at radius 3 is 2.11 bits per heavy atom. The SMILES string of the molecule is CC[C@H](C)CS(=O)(=O)[O-]. The van der Waals surface area contributed by atoms with Crippen LogP contribution in [0.1, 0.15) is 20.3 Å². The first kappa shape index (κ1) is 8.91. The molecule has 0 aliphatic carbocycles. The van der Waals surface area contributed by atoms with Crippen molar-refractivity contribution in [3.8, 4) is 0 Å². The van der Waals surface area contributed by atoms with Crippen molar-refractivity contribution < 1.29 is 13.0 Å². The van der Waals surface area contributed by atoms with E-state index in [-0.39, 0.29) is 11.7 Å². The molecule has 0 aliphatic heterocycles. The first-order valence-electron chi connectivity index (χ1n) is 2.89. The Morgan fingerprint density at radius 2 is 2.00 bits per heavy atom. The van der Waals surface area contributed by atoms with Crippen LogP contribution in [0.4, 0.5) is 0 Å². The Hall–Kier alpha value is -0.0900. The van der Waals surface area contributed by atoms with Gasteiger partial charge in [0.25, 0.3) is 0 Å². The second kappa shape index (κ2) is 3.17. The van der Waals surface area contributed by atoms with Gasteiger partial charge in [-0.2, -0.15) is 0 Å². The summed E-state index contributed by atoms with van der Waals surface area (Å²) < 4.78 is 30.1. The van der Waals surface area contributed by atoms with Gasteiger partial charge in [0.1, 0.15) is 0 Å². The van der Waals surface area contributed by atoms with Crippen molar-refractivity contribution >= 4 is 10.1 Å². The normalized spacial score (nSPS) is 15.4. The molecule has 0 amide bonds. The number of hydrogen-bond acceptors (Lipinski definition) is 3. The molecule has 0 spiro atoms. The highest BCUT2D eigenvalue weighted by molar-refractivity contribution is 7.85. The molecule has 56 valence electrons. The monoisotopic (exact) mass is 151 g/mol. The van der Waals surface area contributed by atoms with Crippen molar-refractivity contribution in [1.82, 2.24) is 0 Å². The van der Waals surface area contributed by atoms with E-state index in [1.165, 1.54) is 0 Å². The summed E-state index contributed by atoms with van der Waals surface area (Å²) in [5.74, 6) is -0.240. The second-order valence-corrected chi connectivity index (χ2v) is 3.69. The molecule has 0 radical (unpaired) electrons. The quantitative estimate of drug-likeness (QED) is 0.554. The smallest absolute Gasteiger partial charge is 0.0948 e. The Labute approximate surface area is 55.8 Å². The minimum absolute atomic E-state index is 0.00694. The Balaban J connectivity index is 3.75.